The first-order valence-electron chi connectivity index (χ1n) is 11.0. The number of fused-ring (bicyclic) bond motifs is 1. The molecule has 3 amide bonds. The van der Waals surface area contributed by atoms with Gasteiger partial charge < -0.3 is 10.1 Å². The number of benzene rings is 1. The van der Waals surface area contributed by atoms with Crippen molar-refractivity contribution >= 4 is 29.1 Å². The topological polar surface area (TPSA) is 87.7 Å². The molecule has 0 saturated carbocycles. The van der Waals surface area contributed by atoms with Gasteiger partial charge in [-0.1, -0.05) is 6.92 Å². The van der Waals surface area contributed by atoms with Crippen LogP contribution < -0.4 is 19.9 Å². The summed E-state index contributed by atoms with van der Waals surface area (Å²) >= 11 is 0. The average Bonchev–Trinajstić information content (AvgIpc) is 3.43. The minimum absolute atomic E-state index is 0.100. The molecule has 2 aliphatic rings. The van der Waals surface area contributed by atoms with Crippen molar-refractivity contribution in [2.75, 3.05) is 28.2 Å². The Morgan fingerprint density at radius 2 is 1.91 bits per heavy atom. The molecule has 0 bridgehead atoms. The zero-order valence-electron chi connectivity index (χ0n) is 18.6. The number of urea groups is 1. The van der Waals surface area contributed by atoms with Crippen molar-refractivity contribution in [3.8, 4) is 11.5 Å². The van der Waals surface area contributed by atoms with Crippen molar-refractivity contribution in [1.29, 1.82) is 0 Å². The standard InChI is InChI=1S/C24H20F3N5O3/c1-2-14-9-16(3-4-19(14)35-20-6-8-30-22-18(20)5-7-29-22)32-21(33)13-31(23(32)34)17-10-15(11-28-12-17)24(25,26)27/h3-4,6,8-12H,2,5,7,13H2,1H3,(H,29,30). The number of halogens is 3. The summed E-state index contributed by atoms with van der Waals surface area (Å²) in [6, 6.07) is 6.78. The van der Waals surface area contributed by atoms with Crippen LogP contribution >= 0.6 is 0 Å². The molecule has 0 radical (unpaired) electrons. The Bertz CT molecular complexity index is 1330. The lowest BCUT2D eigenvalue weighted by Gasteiger charge is -2.19. The van der Waals surface area contributed by atoms with Gasteiger partial charge in [0.1, 0.15) is 23.9 Å². The third-order valence-electron chi connectivity index (χ3n) is 5.91. The number of imide groups is 1. The molecular weight excluding hydrogens is 463 g/mol. The van der Waals surface area contributed by atoms with Crippen LogP contribution in [0, 0.1) is 0 Å². The fraction of sp³-hybridized carbons (Fsp3) is 0.250. The predicted octanol–water partition coefficient (Wildman–Crippen LogP) is 4.79. The molecule has 11 heteroatoms. The molecule has 1 N–H and O–H groups in total. The second kappa shape index (κ2) is 8.57. The van der Waals surface area contributed by atoms with Crippen molar-refractivity contribution < 1.29 is 27.5 Å². The van der Waals surface area contributed by atoms with Crippen molar-refractivity contribution in [1.82, 2.24) is 9.97 Å². The molecule has 2 aromatic heterocycles. The van der Waals surface area contributed by atoms with Gasteiger partial charge in [-0.25, -0.2) is 14.7 Å². The molecule has 5 rings (SSSR count). The molecule has 0 atom stereocenters. The van der Waals surface area contributed by atoms with Crippen molar-refractivity contribution in [3.63, 3.8) is 0 Å². The van der Waals surface area contributed by atoms with Gasteiger partial charge in [-0.05, 0) is 48.7 Å². The number of aromatic nitrogens is 2. The zero-order valence-corrected chi connectivity index (χ0v) is 18.6. The van der Waals surface area contributed by atoms with Gasteiger partial charge in [0.25, 0.3) is 5.91 Å². The van der Waals surface area contributed by atoms with Crippen molar-refractivity contribution in [2.45, 2.75) is 25.9 Å². The number of pyridine rings is 2. The lowest BCUT2D eigenvalue weighted by molar-refractivity contribution is -0.137. The van der Waals surface area contributed by atoms with Gasteiger partial charge in [-0.15, -0.1) is 0 Å². The SMILES string of the molecule is CCc1cc(N2C(=O)CN(c3cncc(C(F)(F)F)c3)C2=O)ccc1Oc1ccnc2c1CCN2. The maximum atomic E-state index is 13.1. The fourth-order valence-corrected chi connectivity index (χ4v) is 4.16. The molecule has 1 aromatic carbocycles. The monoisotopic (exact) mass is 483 g/mol. The predicted molar refractivity (Wildman–Crippen MR) is 122 cm³/mol. The van der Waals surface area contributed by atoms with Gasteiger partial charge in [0, 0.05) is 24.5 Å². The number of ether oxygens (including phenoxy) is 1. The van der Waals surface area contributed by atoms with Gasteiger partial charge in [0.15, 0.2) is 0 Å². The van der Waals surface area contributed by atoms with Crippen molar-refractivity contribution in [3.05, 3.63) is 65.6 Å². The van der Waals surface area contributed by atoms with E-state index in [0.29, 0.717) is 29.8 Å². The summed E-state index contributed by atoms with van der Waals surface area (Å²) in [6.07, 6.45) is 0.184. The molecular formula is C24H20F3N5O3. The number of hydrogen-bond acceptors (Lipinski definition) is 6. The van der Waals surface area contributed by atoms with Crippen LogP contribution in [0.25, 0.3) is 0 Å². The van der Waals surface area contributed by atoms with Gasteiger partial charge in [0.2, 0.25) is 0 Å². The Labute approximate surface area is 198 Å². The number of anilines is 3. The number of alkyl halides is 3. The van der Waals surface area contributed by atoms with Crippen LogP contribution in [0.2, 0.25) is 0 Å². The molecule has 1 saturated heterocycles. The summed E-state index contributed by atoms with van der Waals surface area (Å²) in [7, 11) is 0. The second-order valence-corrected chi connectivity index (χ2v) is 8.09. The number of carbonyl (C=O) groups excluding carboxylic acids is 2. The van der Waals surface area contributed by atoms with Gasteiger partial charge in [-0.2, -0.15) is 13.2 Å². The Kier molecular flexibility index (Phi) is 5.54. The number of amides is 3. The van der Waals surface area contributed by atoms with Gasteiger partial charge in [-0.3, -0.25) is 14.7 Å². The van der Waals surface area contributed by atoms with Crippen LogP contribution in [0.15, 0.2) is 48.9 Å². The Hall–Kier alpha value is -4.15. The van der Waals surface area contributed by atoms with Crippen LogP contribution in [0.4, 0.5) is 35.2 Å². The number of nitrogens with zero attached hydrogens (tertiary/aromatic N) is 4. The smallest absolute Gasteiger partial charge is 0.417 e. The summed E-state index contributed by atoms with van der Waals surface area (Å²) in [4.78, 5) is 35.6. The van der Waals surface area contributed by atoms with Crippen molar-refractivity contribution in [2.24, 2.45) is 0 Å². The summed E-state index contributed by atoms with van der Waals surface area (Å²) < 4.78 is 45.4. The number of carbonyl (C=O) groups is 2. The third kappa shape index (κ3) is 4.13. The Balaban J connectivity index is 1.42. The molecule has 180 valence electrons. The summed E-state index contributed by atoms with van der Waals surface area (Å²) in [5.74, 6) is 1.49. The fourth-order valence-electron chi connectivity index (χ4n) is 4.16. The molecule has 0 unspecified atom stereocenters. The van der Waals surface area contributed by atoms with Gasteiger partial charge in [0.05, 0.1) is 23.1 Å². The molecule has 0 aliphatic carbocycles. The van der Waals surface area contributed by atoms with E-state index in [2.05, 4.69) is 15.3 Å². The van der Waals surface area contributed by atoms with Crippen LogP contribution in [0.3, 0.4) is 0 Å². The number of hydrogen-bond donors (Lipinski definition) is 1. The first-order chi connectivity index (χ1) is 16.8. The maximum absolute atomic E-state index is 13.1. The van der Waals surface area contributed by atoms with Crippen LogP contribution in [-0.4, -0.2) is 35.0 Å². The number of rotatable bonds is 5. The highest BCUT2D eigenvalue weighted by Crippen LogP contribution is 2.37. The summed E-state index contributed by atoms with van der Waals surface area (Å²) in [6.45, 7) is 2.30. The zero-order chi connectivity index (χ0) is 24.7. The summed E-state index contributed by atoms with van der Waals surface area (Å²) in [5.41, 5.74) is 0.957. The van der Waals surface area contributed by atoms with E-state index in [4.69, 9.17) is 4.74 Å². The first kappa shape index (κ1) is 22.6. The highest BCUT2D eigenvalue weighted by atomic mass is 19.4. The van der Waals surface area contributed by atoms with E-state index in [1.807, 2.05) is 6.92 Å². The molecule has 35 heavy (non-hydrogen) atoms. The molecule has 0 spiro atoms. The van der Waals surface area contributed by atoms with E-state index in [0.717, 1.165) is 52.0 Å². The van der Waals surface area contributed by atoms with E-state index >= 15 is 0 Å². The number of aryl methyl sites for hydroxylation is 1. The minimum Gasteiger partial charge on any atom is -0.457 e. The van der Waals surface area contributed by atoms with E-state index < -0.39 is 30.2 Å². The second-order valence-electron chi connectivity index (χ2n) is 8.09. The third-order valence-corrected chi connectivity index (χ3v) is 5.91. The number of nitrogens with one attached hydrogen (secondary N) is 1. The maximum Gasteiger partial charge on any atom is 0.417 e. The first-order valence-corrected chi connectivity index (χ1v) is 11.0. The normalized spacial score (nSPS) is 15.4. The van der Waals surface area contributed by atoms with E-state index in [1.165, 1.54) is 0 Å². The van der Waals surface area contributed by atoms with Crippen LogP contribution in [0.1, 0.15) is 23.6 Å². The molecule has 2 aliphatic heterocycles. The summed E-state index contributed by atoms with van der Waals surface area (Å²) in [5, 5.41) is 3.20. The van der Waals surface area contributed by atoms with Crippen LogP contribution in [-0.2, 0) is 23.8 Å². The molecule has 4 heterocycles. The van der Waals surface area contributed by atoms with Crippen LogP contribution in [0.5, 0.6) is 11.5 Å². The quantitative estimate of drug-likeness (QED) is 0.525. The molecule has 3 aromatic rings. The average molecular weight is 483 g/mol. The van der Waals surface area contributed by atoms with E-state index in [9.17, 15) is 22.8 Å². The largest absolute Gasteiger partial charge is 0.457 e. The van der Waals surface area contributed by atoms with E-state index in [-0.39, 0.29) is 5.69 Å². The molecule has 8 nitrogen and oxygen atoms in total. The minimum atomic E-state index is -4.62. The lowest BCUT2D eigenvalue weighted by Crippen LogP contribution is -2.33. The highest BCUT2D eigenvalue weighted by Gasteiger charge is 2.40. The van der Waals surface area contributed by atoms with E-state index in [1.54, 1.807) is 30.5 Å². The Morgan fingerprint density at radius 3 is 2.69 bits per heavy atom. The van der Waals surface area contributed by atoms with Gasteiger partial charge >= 0.3 is 12.2 Å². The molecule has 1 fully saturated rings. The highest BCUT2D eigenvalue weighted by molar-refractivity contribution is 6.27. The lowest BCUT2D eigenvalue weighted by atomic mass is 10.1. The Morgan fingerprint density at radius 1 is 1.09 bits per heavy atom.